The molecule has 0 bridgehead atoms. The third kappa shape index (κ3) is 5.76. The number of piperidine rings is 1. The zero-order valence-corrected chi connectivity index (χ0v) is 16.4. The van der Waals surface area contributed by atoms with Crippen molar-refractivity contribution in [3.8, 4) is 17.0 Å². The molecule has 0 unspecified atom stereocenters. The lowest BCUT2D eigenvalue weighted by Gasteiger charge is -2.34. The molecule has 0 radical (unpaired) electrons. The van der Waals surface area contributed by atoms with Crippen LogP contribution in [0.3, 0.4) is 0 Å². The third-order valence-corrected chi connectivity index (χ3v) is 4.96. The Morgan fingerprint density at radius 3 is 2.43 bits per heavy atom. The molecule has 2 aromatic rings. The quantitative estimate of drug-likeness (QED) is 0.769. The maximum Gasteiger partial charge on any atom is 0.335 e. The highest BCUT2D eigenvalue weighted by molar-refractivity contribution is 5.88. The normalized spacial score (nSPS) is 16.1. The van der Waals surface area contributed by atoms with E-state index in [9.17, 15) is 9.18 Å². The topological polar surface area (TPSA) is 62.7 Å². The Morgan fingerprint density at radius 2 is 1.89 bits per heavy atom. The maximum absolute atomic E-state index is 13.8. The lowest BCUT2D eigenvalue weighted by atomic mass is 9.97. The molecule has 3 rings (SSSR count). The lowest BCUT2D eigenvalue weighted by Crippen LogP contribution is -2.41. The van der Waals surface area contributed by atoms with Gasteiger partial charge in [-0.05, 0) is 70.0 Å². The number of likely N-dealkylation sites (tertiary alicyclic amines) is 1. The Kier molecular flexibility index (Phi) is 6.29. The summed E-state index contributed by atoms with van der Waals surface area (Å²) >= 11 is 0. The van der Waals surface area contributed by atoms with Gasteiger partial charge < -0.3 is 14.7 Å². The summed E-state index contributed by atoms with van der Waals surface area (Å²) in [7, 11) is 0. The van der Waals surface area contributed by atoms with Crippen molar-refractivity contribution in [1.82, 2.24) is 9.88 Å². The number of hydrogen-bond acceptors (Lipinski definition) is 4. The van der Waals surface area contributed by atoms with E-state index in [-0.39, 0.29) is 5.56 Å². The summed E-state index contributed by atoms with van der Waals surface area (Å²) in [5.74, 6) is 0.253. The summed E-state index contributed by atoms with van der Waals surface area (Å²) in [6.45, 7) is 6.19. The van der Waals surface area contributed by atoms with Gasteiger partial charge in [0.1, 0.15) is 11.4 Å². The number of rotatable bonds is 7. The van der Waals surface area contributed by atoms with Gasteiger partial charge in [-0.1, -0.05) is 12.1 Å². The number of carbonyl (C=O) groups is 1. The van der Waals surface area contributed by atoms with Gasteiger partial charge in [0.25, 0.3) is 0 Å². The van der Waals surface area contributed by atoms with Gasteiger partial charge in [0.05, 0.1) is 24.1 Å². The lowest BCUT2D eigenvalue weighted by molar-refractivity contribution is 0.0696. The van der Waals surface area contributed by atoms with Crippen LogP contribution in [0.1, 0.15) is 37.0 Å². The van der Waals surface area contributed by atoms with Crippen LogP contribution in [0.2, 0.25) is 0 Å². The van der Waals surface area contributed by atoms with Crippen molar-refractivity contribution in [2.45, 2.75) is 32.4 Å². The first-order valence-electron chi connectivity index (χ1n) is 9.64. The van der Waals surface area contributed by atoms with Crippen molar-refractivity contribution in [2.75, 3.05) is 26.2 Å². The van der Waals surface area contributed by atoms with Crippen molar-refractivity contribution in [1.29, 1.82) is 0 Å². The SMILES string of the molecule is CC(C)(F)CN1CCC(COc2ccc(-c3ccc(C(=O)O)cc3)nc2)CC1. The monoisotopic (exact) mass is 386 g/mol. The van der Waals surface area contributed by atoms with E-state index >= 15 is 0 Å². The average molecular weight is 386 g/mol. The molecule has 0 spiro atoms. The van der Waals surface area contributed by atoms with Gasteiger partial charge >= 0.3 is 5.97 Å². The molecule has 2 heterocycles. The number of carboxylic acid groups (broad SMARTS) is 1. The van der Waals surface area contributed by atoms with Gasteiger partial charge in [-0.25, -0.2) is 9.18 Å². The predicted octanol–water partition coefficient (Wildman–Crippen LogP) is 4.29. The van der Waals surface area contributed by atoms with Gasteiger partial charge in [0.2, 0.25) is 0 Å². The first kappa shape index (κ1) is 20.3. The summed E-state index contributed by atoms with van der Waals surface area (Å²) < 4.78 is 19.6. The molecule has 0 saturated carbocycles. The number of nitrogens with zero attached hydrogens (tertiary/aromatic N) is 2. The summed E-state index contributed by atoms with van der Waals surface area (Å²) in [6.07, 6.45) is 3.72. The summed E-state index contributed by atoms with van der Waals surface area (Å²) in [6, 6.07) is 10.4. The van der Waals surface area contributed by atoms with Crippen LogP contribution in [-0.2, 0) is 0 Å². The second kappa shape index (κ2) is 8.69. The van der Waals surface area contributed by atoms with E-state index in [1.165, 1.54) is 0 Å². The second-order valence-corrected chi connectivity index (χ2v) is 8.01. The minimum atomic E-state index is -1.15. The van der Waals surface area contributed by atoms with E-state index in [2.05, 4.69) is 9.88 Å². The fourth-order valence-electron chi connectivity index (χ4n) is 3.48. The highest BCUT2D eigenvalue weighted by atomic mass is 19.1. The van der Waals surface area contributed by atoms with Crippen LogP contribution in [0.25, 0.3) is 11.3 Å². The molecule has 1 aliphatic rings. The Labute approximate surface area is 165 Å². The van der Waals surface area contributed by atoms with Crippen molar-refractivity contribution in [3.63, 3.8) is 0 Å². The number of alkyl halides is 1. The van der Waals surface area contributed by atoms with Crippen LogP contribution >= 0.6 is 0 Å². The van der Waals surface area contributed by atoms with E-state index in [0.717, 1.165) is 42.9 Å². The van der Waals surface area contributed by atoms with Crippen LogP contribution in [0.4, 0.5) is 4.39 Å². The van der Waals surface area contributed by atoms with Crippen molar-refractivity contribution >= 4 is 5.97 Å². The summed E-state index contributed by atoms with van der Waals surface area (Å²) in [5.41, 5.74) is 0.737. The predicted molar refractivity (Wildman–Crippen MR) is 106 cm³/mol. The van der Waals surface area contributed by atoms with E-state index in [1.54, 1.807) is 44.3 Å². The van der Waals surface area contributed by atoms with Gasteiger partial charge in [-0.2, -0.15) is 0 Å². The number of benzene rings is 1. The number of carboxylic acids is 1. The van der Waals surface area contributed by atoms with Gasteiger partial charge in [0.15, 0.2) is 0 Å². The highest BCUT2D eigenvalue weighted by Crippen LogP contribution is 2.23. The first-order valence-corrected chi connectivity index (χ1v) is 9.64. The van der Waals surface area contributed by atoms with E-state index in [1.807, 2.05) is 12.1 Å². The summed E-state index contributed by atoms with van der Waals surface area (Å²) in [4.78, 5) is 17.5. The van der Waals surface area contributed by atoms with Crippen molar-refractivity contribution in [2.24, 2.45) is 5.92 Å². The van der Waals surface area contributed by atoms with Crippen LogP contribution in [0.15, 0.2) is 42.6 Å². The molecular formula is C22H27FN2O3. The van der Waals surface area contributed by atoms with Crippen LogP contribution in [0.5, 0.6) is 5.75 Å². The van der Waals surface area contributed by atoms with E-state index in [0.29, 0.717) is 19.1 Å². The third-order valence-electron chi connectivity index (χ3n) is 4.96. The molecule has 1 aromatic carbocycles. The van der Waals surface area contributed by atoms with Crippen LogP contribution in [0, 0.1) is 5.92 Å². The molecule has 1 fully saturated rings. The zero-order chi connectivity index (χ0) is 20.1. The molecule has 1 aromatic heterocycles. The number of hydrogen-bond donors (Lipinski definition) is 1. The Bertz CT molecular complexity index is 777. The Hall–Kier alpha value is -2.47. The first-order chi connectivity index (χ1) is 13.3. The van der Waals surface area contributed by atoms with E-state index in [4.69, 9.17) is 9.84 Å². The van der Waals surface area contributed by atoms with Crippen LogP contribution < -0.4 is 4.74 Å². The number of ether oxygens (including phenoxy) is 1. The van der Waals surface area contributed by atoms with E-state index < -0.39 is 11.6 Å². The number of pyridine rings is 1. The van der Waals surface area contributed by atoms with Crippen molar-refractivity contribution < 1.29 is 19.0 Å². The molecule has 150 valence electrons. The number of halogens is 1. The molecule has 0 amide bonds. The fourth-order valence-corrected chi connectivity index (χ4v) is 3.48. The Morgan fingerprint density at radius 1 is 1.21 bits per heavy atom. The standard InChI is InChI=1S/C22H27FN2O3/c1-22(2,23)15-25-11-9-16(10-12-25)14-28-19-7-8-20(24-13-19)17-3-5-18(6-4-17)21(26)27/h3-8,13,16H,9-12,14-15H2,1-2H3,(H,26,27). The number of aromatic nitrogens is 1. The van der Waals surface area contributed by atoms with Gasteiger partial charge in [-0.3, -0.25) is 4.98 Å². The van der Waals surface area contributed by atoms with Crippen LogP contribution in [-0.4, -0.2) is 52.9 Å². The molecule has 6 heteroatoms. The fraction of sp³-hybridized carbons (Fsp3) is 0.455. The molecule has 5 nitrogen and oxygen atoms in total. The molecule has 1 N–H and O–H groups in total. The average Bonchev–Trinajstić information content (AvgIpc) is 2.67. The van der Waals surface area contributed by atoms with Crippen molar-refractivity contribution in [3.05, 3.63) is 48.2 Å². The molecular weight excluding hydrogens is 359 g/mol. The molecule has 1 saturated heterocycles. The Balaban J connectivity index is 1.48. The zero-order valence-electron chi connectivity index (χ0n) is 16.4. The second-order valence-electron chi connectivity index (χ2n) is 8.01. The summed E-state index contributed by atoms with van der Waals surface area (Å²) in [5, 5.41) is 8.96. The molecule has 1 aliphatic heterocycles. The van der Waals surface area contributed by atoms with Gasteiger partial charge in [-0.15, -0.1) is 0 Å². The minimum Gasteiger partial charge on any atom is -0.492 e. The molecule has 0 aliphatic carbocycles. The largest absolute Gasteiger partial charge is 0.492 e. The number of aromatic carboxylic acids is 1. The van der Waals surface area contributed by atoms with Gasteiger partial charge in [0, 0.05) is 12.1 Å². The smallest absolute Gasteiger partial charge is 0.335 e. The molecule has 28 heavy (non-hydrogen) atoms. The minimum absolute atomic E-state index is 0.254. The molecule has 0 atom stereocenters. The highest BCUT2D eigenvalue weighted by Gasteiger charge is 2.25. The maximum atomic E-state index is 13.8.